The van der Waals surface area contributed by atoms with Gasteiger partial charge in [-0.05, 0) is 32.8 Å². The van der Waals surface area contributed by atoms with Crippen LogP contribution in [0.3, 0.4) is 0 Å². The Labute approximate surface area is 141 Å². The molecule has 0 fully saturated rings. The molecule has 1 amide bonds. The fraction of sp³-hybridized carbons (Fsp3) is 0.600. The maximum atomic E-state index is 13.4. The first-order valence-corrected chi connectivity index (χ1v) is 8.10. The summed E-state index contributed by atoms with van der Waals surface area (Å²) in [6.45, 7) is 5.05. The molecule has 1 aromatic heterocycles. The molecule has 2 rings (SSSR count). The first kappa shape index (κ1) is 18.6. The number of carboxylic acids is 1. The Morgan fingerprint density at radius 2 is 1.92 bits per heavy atom. The number of amides is 1. The van der Waals surface area contributed by atoms with Gasteiger partial charge in [-0.3, -0.25) is 4.79 Å². The molecule has 0 aliphatic carbocycles. The first-order chi connectivity index (χ1) is 10.9. The lowest BCUT2D eigenvalue weighted by Gasteiger charge is -2.30. The number of alkyl halides is 3. The first-order valence-electron chi connectivity index (χ1n) is 7.29. The molecule has 0 aromatic carbocycles. The molecule has 24 heavy (non-hydrogen) atoms. The van der Waals surface area contributed by atoms with E-state index in [2.05, 4.69) is 0 Å². The number of carbonyl (C=O) groups excluding carboxylic acids is 1. The Balaban J connectivity index is 2.34. The zero-order valence-electron chi connectivity index (χ0n) is 13.5. The average Bonchev–Trinajstić information content (AvgIpc) is 2.71. The van der Waals surface area contributed by atoms with Crippen LogP contribution in [0.15, 0.2) is 0 Å². The summed E-state index contributed by atoms with van der Waals surface area (Å²) in [5.41, 5.74) is -1.67. The van der Waals surface area contributed by atoms with Gasteiger partial charge in [-0.1, -0.05) is 0 Å². The number of ether oxygens (including phenoxy) is 1. The molecule has 1 aliphatic rings. The van der Waals surface area contributed by atoms with E-state index in [1.54, 1.807) is 20.8 Å². The van der Waals surface area contributed by atoms with E-state index in [0.29, 0.717) is 4.88 Å². The van der Waals surface area contributed by atoms with Gasteiger partial charge in [-0.15, -0.1) is 11.3 Å². The van der Waals surface area contributed by atoms with Crippen molar-refractivity contribution in [2.24, 2.45) is 0 Å². The number of halogens is 3. The number of aliphatic carboxylic acids is 1. The minimum atomic E-state index is -4.66. The van der Waals surface area contributed by atoms with Crippen LogP contribution >= 0.6 is 11.3 Å². The van der Waals surface area contributed by atoms with E-state index in [1.807, 2.05) is 0 Å². The van der Waals surface area contributed by atoms with Crippen molar-refractivity contribution >= 4 is 23.4 Å². The molecule has 134 valence electrons. The van der Waals surface area contributed by atoms with Crippen LogP contribution < -0.4 is 0 Å². The number of hydrogen-bond acceptors (Lipinski definition) is 4. The molecule has 0 atom stereocenters. The van der Waals surface area contributed by atoms with E-state index in [4.69, 9.17) is 9.84 Å². The molecule has 1 aliphatic heterocycles. The summed E-state index contributed by atoms with van der Waals surface area (Å²) >= 11 is 0.864. The molecule has 0 bridgehead atoms. The normalized spacial score (nSPS) is 15.2. The highest BCUT2D eigenvalue weighted by Crippen LogP contribution is 2.43. The van der Waals surface area contributed by atoms with Gasteiger partial charge < -0.3 is 14.7 Å². The van der Waals surface area contributed by atoms with E-state index >= 15 is 0 Å². The molecule has 9 heteroatoms. The second-order valence-corrected chi connectivity index (χ2v) is 7.71. The molecule has 1 aromatic rings. The van der Waals surface area contributed by atoms with Crippen molar-refractivity contribution in [2.75, 3.05) is 6.54 Å². The number of carboxylic acid groups (broad SMARTS) is 1. The lowest BCUT2D eigenvalue weighted by molar-refractivity contribution is -0.140. The molecule has 0 saturated heterocycles. The predicted molar refractivity (Wildman–Crippen MR) is 81.0 cm³/mol. The second-order valence-electron chi connectivity index (χ2n) is 6.52. The average molecular weight is 365 g/mol. The zero-order valence-corrected chi connectivity index (χ0v) is 14.3. The summed E-state index contributed by atoms with van der Waals surface area (Å²) in [4.78, 5) is 24.4. The van der Waals surface area contributed by atoms with Crippen molar-refractivity contribution in [3.8, 4) is 0 Å². The van der Waals surface area contributed by atoms with Gasteiger partial charge in [0.2, 0.25) is 0 Å². The van der Waals surface area contributed by atoms with Crippen molar-refractivity contribution in [2.45, 2.75) is 51.9 Å². The summed E-state index contributed by atoms with van der Waals surface area (Å²) in [5, 5.41) is 8.84. The molecule has 0 spiro atoms. The van der Waals surface area contributed by atoms with Crippen LogP contribution in [0.2, 0.25) is 0 Å². The Hall–Kier alpha value is -1.77. The molecular weight excluding hydrogens is 347 g/mol. The zero-order chi connectivity index (χ0) is 18.3. The van der Waals surface area contributed by atoms with Crippen LogP contribution in [0.1, 0.15) is 41.7 Å². The number of thiophene rings is 1. The van der Waals surface area contributed by atoms with Crippen LogP contribution in [-0.4, -0.2) is 34.2 Å². The number of carbonyl (C=O) groups is 2. The van der Waals surface area contributed by atoms with Gasteiger partial charge in [0.25, 0.3) is 0 Å². The van der Waals surface area contributed by atoms with Gasteiger partial charge in [0.05, 0.1) is 18.5 Å². The minimum Gasteiger partial charge on any atom is -0.481 e. The summed E-state index contributed by atoms with van der Waals surface area (Å²) in [5.74, 6) is -1.32. The van der Waals surface area contributed by atoms with E-state index in [0.717, 1.165) is 11.3 Å². The third-order valence-corrected chi connectivity index (χ3v) is 4.66. The largest absolute Gasteiger partial charge is 0.481 e. The smallest absolute Gasteiger partial charge is 0.417 e. The molecule has 0 unspecified atom stereocenters. The van der Waals surface area contributed by atoms with Gasteiger partial charge in [0.15, 0.2) is 0 Å². The Bertz CT molecular complexity index is 661. The topological polar surface area (TPSA) is 66.8 Å². The molecule has 0 saturated carbocycles. The quantitative estimate of drug-likeness (QED) is 0.868. The third kappa shape index (κ3) is 4.19. The number of fused-ring (bicyclic) bond motifs is 1. The monoisotopic (exact) mass is 365 g/mol. The van der Waals surface area contributed by atoms with E-state index in [-0.39, 0.29) is 30.0 Å². The van der Waals surface area contributed by atoms with Crippen LogP contribution in [0.4, 0.5) is 18.0 Å². The fourth-order valence-corrected chi connectivity index (χ4v) is 3.84. The molecule has 5 nitrogen and oxygen atoms in total. The van der Waals surface area contributed by atoms with Crippen molar-refractivity contribution in [3.63, 3.8) is 0 Å². The summed E-state index contributed by atoms with van der Waals surface area (Å²) in [7, 11) is 0. The highest BCUT2D eigenvalue weighted by molar-refractivity contribution is 7.12. The highest BCUT2D eigenvalue weighted by Gasteiger charge is 2.41. The third-order valence-electron chi connectivity index (χ3n) is 3.37. The number of hydrogen-bond donors (Lipinski definition) is 1. The van der Waals surface area contributed by atoms with Gasteiger partial charge in [0, 0.05) is 16.3 Å². The maximum Gasteiger partial charge on any atom is 0.417 e. The Morgan fingerprint density at radius 3 is 2.42 bits per heavy atom. The summed E-state index contributed by atoms with van der Waals surface area (Å²) in [6, 6.07) is 0. The van der Waals surface area contributed by atoms with E-state index < -0.39 is 35.8 Å². The number of nitrogens with zero attached hydrogens (tertiary/aromatic N) is 1. The van der Waals surface area contributed by atoms with Crippen LogP contribution in [0.25, 0.3) is 0 Å². The van der Waals surface area contributed by atoms with E-state index in [1.165, 1.54) is 4.90 Å². The molecule has 2 heterocycles. The van der Waals surface area contributed by atoms with Crippen LogP contribution in [0.5, 0.6) is 0 Å². The van der Waals surface area contributed by atoms with Crippen molar-refractivity contribution in [1.82, 2.24) is 4.90 Å². The van der Waals surface area contributed by atoms with Crippen LogP contribution in [0, 0.1) is 0 Å². The fourth-order valence-electron chi connectivity index (χ4n) is 2.52. The lowest BCUT2D eigenvalue weighted by Crippen LogP contribution is -2.40. The second kappa shape index (κ2) is 6.27. The lowest BCUT2D eigenvalue weighted by atomic mass is 10.0. The van der Waals surface area contributed by atoms with Gasteiger partial charge in [-0.25, -0.2) is 4.79 Å². The standard InChI is InChI=1S/C15H18F3NO4S/c1-14(2,3)23-13(22)19-5-4-9-8(7-19)12(15(16,17)18)10(24-9)6-11(20)21/h4-7H2,1-3H3,(H,20,21). The SMILES string of the molecule is CC(C)(C)OC(=O)N1CCc2sc(CC(=O)O)c(C(F)(F)F)c2C1. The molecule has 0 radical (unpaired) electrons. The number of rotatable bonds is 2. The van der Waals surface area contributed by atoms with Crippen molar-refractivity contribution in [1.29, 1.82) is 0 Å². The maximum absolute atomic E-state index is 13.4. The van der Waals surface area contributed by atoms with Gasteiger partial charge in [-0.2, -0.15) is 13.2 Å². The van der Waals surface area contributed by atoms with Crippen molar-refractivity contribution < 1.29 is 32.6 Å². The Kier molecular flexibility index (Phi) is 4.85. The van der Waals surface area contributed by atoms with Crippen LogP contribution in [-0.2, 0) is 35.1 Å². The summed E-state index contributed by atoms with van der Waals surface area (Å²) < 4.78 is 45.4. The predicted octanol–water partition coefficient (Wildman–Crippen LogP) is 3.69. The van der Waals surface area contributed by atoms with E-state index in [9.17, 15) is 22.8 Å². The minimum absolute atomic E-state index is 0.0131. The van der Waals surface area contributed by atoms with Gasteiger partial charge >= 0.3 is 18.2 Å². The Morgan fingerprint density at radius 1 is 1.29 bits per heavy atom. The molecule has 1 N–H and O–H groups in total. The van der Waals surface area contributed by atoms with Crippen molar-refractivity contribution in [3.05, 3.63) is 20.9 Å². The highest BCUT2D eigenvalue weighted by atomic mass is 32.1. The summed E-state index contributed by atoms with van der Waals surface area (Å²) in [6.07, 6.45) is -5.76. The van der Waals surface area contributed by atoms with Gasteiger partial charge in [0.1, 0.15) is 5.60 Å². The molecular formula is C15H18F3NO4S.